The van der Waals surface area contributed by atoms with Crippen LogP contribution in [0.1, 0.15) is 17.0 Å². The SMILES string of the molecule is Cc1c(Cl)cccc1S(=O)(=O)Nc1cccc(CCc2nc3ccccc3n2C)c1. The van der Waals surface area contributed by atoms with Gasteiger partial charge in [0, 0.05) is 24.2 Å². The Morgan fingerprint density at radius 2 is 1.77 bits per heavy atom. The molecule has 0 fully saturated rings. The van der Waals surface area contributed by atoms with Gasteiger partial charge in [0.2, 0.25) is 0 Å². The molecule has 0 unspecified atom stereocenters. The molecule has 0 atom stereocenters. The third-order valence-corrected chi connectivity index (χ3v) is 7.14. The summed E-state index contributed by atoms with van der Waals surface area (Å²) in [5.74, 6) is 0.997. The van der Waals surface area contributed by atoms with Crippen molar-refractivity contribution in [3.63, 3.8) is 0 Å². The summed E-state index contributed by atoms with van der Waals surface area (Å²) >= 11 is 6.09. The van der Waals surface area contributed by atoms with Crippen molar-refractivity contribution >= 4 is 38.3 Å². The Balaban J connectivity index is 1.52. The molecule has 0 saturated carbocycles. The summed E-state index contributed by atoms with van der Waals surface area (Å²) < 4.78 is 30.4. The average Bonchev–Trinajstić information content (AvgIpc) is 3.04. The maximum absolute atomic E-state index is 12.8. The Kier molecular flexibility index (Phi) is 5.54. The first kappa shape index (κ1) is 20.4. The molecular weight excluding hydrogens is 418 g/mol. The topological polar surface area (TPSA) is 64.0 Å². The van der Waals surface area contributed by atoms with Gasteiger partial charge in [-0.1, -0.05) is 41.9 Å². The van der Waals surface area contributed by atoms with Gasteiger partial charge < -0.3 is 4.57 Å². The first-order chi connectivity index (χ1) is 14.3. The lowest BCUT2D eigenvalue weighted by molar-refractivity contribution is 0.600. The summed E-state index contributed by atoms with van der Waals surface area (Å²) in [7, 11) is -1.71. The Morgan fingerprint density at radius 3 is 2.57 bits per heavy atom. The molecule has 4 aromatic rings. The van der Waals surface area contributed by atoms with Gasteiger partial charge in [0.25, 0.3) is 10.0 Å². The number of rotatable bonds is 6. The molecule has 3 aromatic carbocycles. The van der Waals surface area contributed by atoms with E-state index in [9.17, 15) is 8.42 Å². The number of sulfonamides is 1. The van der Waals surface area contributed by atoms with Gasteiger partial charge in [-0.25, -0.2) is 13.4 Å². The van der Waals surface area contributed by atoms with E-state index >= 15 is 0 Å². The molecule has 1 heterocycles. The summed E-state index contributed by atoms with van der Waals surface area (Å²) in [5.41, 5.74) is 4.17. The van der Waals surface area contributed by atoms with Crippen LogP contribution < -0.4 is 4.72 Å². The van der Waals surface area contributed by atoms with Gasteiger partial charge in [-0.3, -0.25) is 4.72 Å². The highest BCUT2D eigenvalue weighted by Gasteiger charge is 2.18. The van der Waals surface area contributed by atoms with Crippen LogP contribution in [0.15, 0.2) is 71.6 Å². The van der Waals surface area contributed by atoms with E-state index < -0.39 is 10.0 Å². The van der Waals surface area contributed by atoms with Gasteiger partial charge in [-0.15, -0.1) is 0 Å². The van der Waals surface area contributed by atoms with Crippen LogP contribution in [0, 0.1) is 6.92 Å². The highest BCUT2D eigenvalue weighted by molar-refractivity contribution is 7.92. The lowest BCUT2D eigenvalue weighted by atomic mass is 10.1. The van der Waals surface area contributed by atoms with E-state index in [4.69, 9.17) is 16.6 Å². The maximum atomic E-state index is 12.8. The van der Waals surface area contributed by atoms with Crippen molar-refractivity contribution in [1.82, 2.24) is 9.55 Å². The Labute approximate surface area is 181 Å². The fourth-order valence-corrected chi connectivity index (χ4v) is 5.10. The van der Waals surface area contributed by atoms with E-state index in [-0.39, 0.29) is 4.90 Å². The van der Waals surface area contributed by atoms with E-state index in [1.165, 1.54) is 0 Å². The normalized spacial score (nSPS) is 11.7. The molecule has 1 N–H and O–H groups in total. The number of hydrogen-bond donors (Lipinski definition) is 1. The van der Waals surface area contributed by atoms with Crippen LogP contribution >= 0.6 is 11.6 Å². The van der Waals surface area contributed by atoms with Crippen molar-refractivity contribution in [2.24, 2.45) is 7.05 Å². The zero-order valence-electron chi connectivity index (χ0n) is 16.8. The Hall–Kier alpha value is -2.83. The highest BCUT2D eigenvalue weighted by Crippen LogP contribution is 2.25. The molecule has 5 nitrogen and oxygen atoms in total. The highest BCUT2D eigenvalue weighted by atomic mass is 35.5. The van der Waals surface area contributed by atoms with Crippen LogP contribution in [0.3, 0.4) is 0 Å². The molecule has 4 rings (SSSR count). The first-order valence-electron chi connectivity index (χ1n) is 9.62. The maximum Gasteiger partial charge on any atom is 0.262 e. The summed E-state index contributed by atoms with van der Waals surface area (Å²) in [6.07, 6.45) is 1.51. The van der Waals surface area contributed by atoms with Gasteiger partial charge in [-0.05, 0) is 60.9 Å². The predicted molar refractivity (Wildman–Crippen MR) is 122 cm³/mol. The number of nitrogens with zero attached hydrogens (tertiary/aromatic N) is 2. The van der Waals surface area contributed by atoms with E-state index in [1.54, 1.807) is 31.2 Å². The lowest BCUT2D eigenvalue weighted by Gasteiger charge is -2.12. The number of aryl methyl sites for hydroxylation is 3. The van der Waals surface area contributed by atoms with E-state index in [0.29, 0.717) is 16.3 Å². The van der Waals surface area contributed by atoms with Crippen molar-refractivity contribution in [3.05, 3.63) is 88.7 Å². The van der Waals surface area contributed by atoms with Crippen LogP contribution in [0.5, 0.6) is 0 Å². The van der Waals surface area contributed by atoms with Crippen molar-refractivity contribution in [1.29, 1.82) is 0 Å². The molecule has 30 heavy (non-hydrogen) atoms. The molecule has 7 heteroatoms. The van der Waals surface area contributed by atoms with Gasteiger partial charge in [0.1, 0.15) is 5.82 Å². The molecule has 0 spiro atoms. The van der Waals surface area contributed by atoms with Crippen LogP contribution in [-0.2, 0) is 29.9 Å². The smallest absolute Gasteiger partial charge is 0.262 e. The van der Waals surface area contributed by atoms with E-state index in [2.05, 4.69) is 15.4 Å². The molecule has 0 bridgehead atoms. The summed E-state index contributed by atoms with van der Waals surface area (Å²) in [4.78, 5) is 4.89. The zero-order chi connectivity index (χ0) is 21.3. The van der Waals surface area contributed by atoms with E-state index in [0.717, 1.165) is 35.3 Å². The number of halogens is 1. The second kappa shape index (κ2) is 8.13. The minimum Gasteiger partial charge on any atom is -0.331 e. The molecule has 154 valence electrons. The molecule has 0 radical (unpaired) electrons. The molecule has 0 aliphatic rings. The number of anilines is 1. The van der Waals surface area contributed by atoms with Crippen molar-refractivity contribution in [3.8, 4) is 0 Å². The summed E-state index contributed by atoms with van der Waals surface area (Å²) in [6.45, 7) is 1.70. The summed E-state index contributed by atoms with van der Waals surface area (Å²) in [6, 6.07) is 20.4. The number of nitrogens with one attached hydrogen (secondary N) is 1. The molecule has 0 aliphatic heterocycles. The largest absolute Gasteiger partial charge is 0.331 e. The first-order valence-corrected chi connectivity index (χ1v) is 11.5. The van der Waals surface area contributed by atoms with Gasteiger partial charge in [0.05, 0.1) is 15.9 Å². The van der Waals surface area contributed by atoms with Crippen LogP contribution in [0.25, 0.3) is 11.0 Å². The monoisotopic (exact) mass is 439 g/mol. The number of hydrogen-bond acceptors (Lipinski definition) is 3. The van der Waals surface area contributed by atoms with Gasteiger partial charge in [0.15, 0.2) is 0 Å². The fraction of sp³-hybridized carbons (Fsp3) is 0.174. The molecule has 0 aliphatic carbocycles. The standard InChI is InChI=1S/C23H22ClN3O2S/c1-16-19(24)9-6-12-22(16)30(28,29)26-18-8-5-7-17(15-18)13-14-23-25-20-10-3-4-11-21(20)27(23)2/h3-12,15,26H,13-14H2,1-2H3. The predicted octanol–water partition coefficient (Wildman–Crippen LogP) is 5.12. The van der Waals surface area contributed by atoms with Crippen molar-refractivity contribution in [2.45, 2.75) is 24.7 Å². The third kappa shape index (κ3) is 4.06. The minimum atomic E-state index is -3.73. The van der Waals surface area contributed by atoms with Crippen molar-refractivity contribution < 1.29 is 8.42 Å². The zero-order valence-corrected chi connectivity index (χ0v) is 18.3. The quantitative estimate of drug-likeness (QED) is 0.453. The number of fused-ring (bicyclic) bond motifs is 1. The Bertz CT molecular complexity index is 1330. The number of benzene rings is 3. The second-order valence-electron chi connectivity index (χ2n) is 7.24. The van der Waals surface area contributed by atoms with Crippen LogP contribution in [-0.4, -0.2) is 18.0 Å². The van der Waals surface area contributed by atoms with Crippen LogP contribution in [0.2, 0.25) is 5.02 Å². The number of para-hydroxylation sites is 2. The Morgan fingerprint density at radius 1 is 1.00 bits per heavy atom. The molecule has 1 aromatic heterocycles. The van der Waals surface area contributed by atoms with Crippen molar-refractivity contribution in [2.75, 3.05) is 4.72 Å². The average molecular weight is 440 g/mol. The van der Waals surface area contributed by atoms with E-state index in [1.807, 2.05) is 43.4 Å². The second-order valence-corrected chi connectivity index (χ2v) is 9.30. The number of imidazole rings is 1. The summed E-state index contributed by atoms with van der Waals surface area (Å²) in [5, 5.41) is 0.425. The fourth-order valence-electron chi connectivity index (χ4n) is 3.55. The lowest BCUT2D eigenvalue weighted by Crippen LogP contribution is -2.14. The number of aromatic nitrogens is 2. The third-order valence-electron chi connectivity index (χ3n) is 5.20. The molecule has 0 amide bonds. The van der Waals surface area contributed by atoms with Gasteiger partial charge in [-0.2, -0.15) is 0 Å². The molecular formula is C23H22ClN3O2S. The van der Waals surface area contributed by atoms with Gasteiger partial charge >= 0.3 is 0 Å². The minimum absolute atomic E-state index is 0.181. The van der Waals surface area contributed by atoms with Crippen LogP contribution in [0.4, 0.5) is 5.69 Å². The molecule has 0 saturated heterocycles.